The zero-order valence-corrected chi connectivity index (χ0v) is 15.2. The summed E-state index contributed by atoms with van der Waals surface area (Å²) < 4.78 is 17.8. The lowest BCUT2D eigenvalue weighted by Gasteiger charge is -2.30. The molecule has 0 aliphatic heterocycles. The van der Waals surface area contributed by atoms with Gasteiger partial charge in [-0.25, -0.2) is 0 Å². The van der Waals surface area contributed by atoms with Gasteiger partial charge >= 0.3 is 17.8 Å². The highest BCUT2D eigenvalue weighted by atomic mass is 28.5. The third kappa shape index (κ3) is 9.66. The lowest BCUT2D eigenvalue weighted by atomic mass is 11.8. The van der Waals surface area contributed by atoms with Crippen molar-refractivity contribution < 1.29 is 12.3 Å². The predicted molar refractivity (Wildman–Crippen MR) is 73.2 cm³/mol. The van der Waals surface area contributed by atoms with Crippen molar-refractivity contribution in [1.29, 1.82) is 0 Å². The molecule has 15 heavy (non-hydrogen) atoms. The van der Waals surface area contributed by atoms with Crippen molar-refractivity contribution in [2.75, 3.05) is 0 Å². The van der Waals surface area contributed by atoms with Gasteiger partial charge in [0.25, 0.3) is 0 Å². The molecule has 0 bridgehead atoms. The average molecular weight is 281 g/mol. The zero-order chi connectivity index (χ0) is 12.3. The Morgan fingerprint density at radius 1 is 0.733 bits per heavy atom. The molecule has 0 aromatic heterocycles. The Bertz CT molecular complexity index is 191. The monoisotopic (exact) mass is 280 g/mol. The van der Waals surface area contributed by atoms with Crippen LogP contribution < -0.4 is 0 Å². The molecule has 0 fully saturated rings. The Kier molecular flexibility index (Phi) is 6.19. The molecule has 90 valence electrons. The Hall–Kier alpha value is 0.748. The van der Waals surface area contributed by atoms with Crippen LogP contribution >= 0.6 is 0 Å². The Labute approximate surface area is 100 Å². The molecule has 0 aliphatic carbocycles. The van der Waals surface area contributed by atoms with E-state index >= 15 is 0 Å². The molecule has 0 unspecified atom stereocenters. The molecular weight excluding hydrogens is 256 g/mol. The van der Waals surface area contributed by atoms with E-state index < -0.39 is 35.2 Å². The first kappa shape index (κ1) is 15.7. The van der Waals surface area contributed by atoms with Crippen molar-refractivity contribution in [2.24, 2.45) is 0 Å². The van der Waals surface area contributed by atoms with E-state index in [0.717, 1.165) is 0 Å². The topological polar surface area (TPSA) is 27.7 Å². The summed E-state index contributed by atoms with van der Waals surface area (Å²) in [6.07, 6.45) is 0. The smallest absolute Gasteiger partial charge is 0.360 e. The minimum absolute atomic E-state index is 0.671. The molecule has 0 heterocycles. The lowest BCUT2D eigenvalue weighted by molar-refractivity contribution is 0.357. The molecule has 0 saturated carbocycles. The van der Waals surface area contributed by atoms with Gasteiger partial charge < -0.3 is 12.3 Å². The highest BCUT2D eigenvalue weighted by Crippen LogP contribution is 2.13. The summed E-state index contributed by atoms with van der Waals surface area (Å²) in [4.78, 5) is 0. The van der Waals surface area contributed by atoms with Crippen LogP contribution in [0.2, 0.25) is 52.4 Å². The molecule has 2 radical (unpaired) electrons. The van der Waals surface area contributed by atoms with Crippen LogP contribution in [0.4, 0.5) is 0 Å². The molecule has 0 amide bonds. The largest absolute Gasteiger partial charge is 0.437 e. The van der Waals surface area contributed by atoms with Gasteiger partial charge in [0.1, 0.15) is 0 Å². The van der Waals surface area contributed by atoms with Crippen LogP contribution in [-0.2, 0) is 12.3 Å². The first-order valence-corrected chi connectivity index (χ1v) is 15.7. The SMILES string of the molecule is C[Si](C)O[Si](C)(C)O[Si](C)O[Si](C)(C)C. The van der Waals surface area contributed by atoms with Gasteiger partial charge in [-0.2, -0.15) is 0 Å². The fourth-order valence-corrected chi connectivity index (χ4v) is 12.5. The fraction of sp³-hybridized carbons (Fsp3) is 1.00. The summed E-state index contributed by atoms with van der Waals surface area (Å²) in [6, 6.07) is 0. The minimum atomic E-state index is -1.94. The molecule has 0 aromatic carbocycles. The first-order valence-electron chi connectivity index (χ1n) is 5.22. The van der Waals surface area contributed by atoms with Gasteiger partial charge in [-0.1, -0.05) is 0 Å². The van der Waals surface area contributed by atoms with Gasteiger partial charge in [0.05, 0.1) is 0 Å². The number of hydrogen-bond acceptors (Lipinski definition) is 3. The molecule has 0 rings (SSSR count). The van der Waals surface area contributed by atoms with Gasteiger partial charge in [0.15, 0.2) is 17.4 Å². The van der Waals surface area contributed by atoms with E-state index in [1.807, 2.05) is 0 Å². The Morgan fingerprint density at radius 3 is 1.53 bits per heavy atom. The maximum Gasteiger partial charge on any atom is 0.360 e. The van der Waals surface area contributed by atoms with Crippen LogP contribution in [0.5, 0.6) is 0 Å². The van der Waals surface area contributed by atoms with Gasteiger partial charge in [0.2, 0.25) is 0 Å². The van der Waals surface area contributed by atoms with E-state index in [9.17, 15) is 0 Å². The molecule has 3 nitrogen and oxygen atoms in total. The lowest BCUT2D eigenvalue weighted by Crippen LogP contribution is -2.46. The maximum atomic E-state index is 5.98. The average Bonchev–Trinajstić information content (AvgIpc) is 1.73. The van der Waals surface area contributed by atoms with Crippen molar-refractivity contribution in [3.05, 3.63) is 0 Å². The van der Waals surface area contributed by atoms with Crippen molar-refractivity contribution in [1.82, 2.24) is 0 Å². The van der Waals surface area contributed by atoms with E-state index in [1.54, 1.807) is 0 Å². The second-order valence-electron chi connectivity index (χ2n) is 5.22. The van der Waals surface area contributed by atoms with Crippen LogP contribution in [0.3, 0.4) is 0 Å². The van der Waals surface area contributed by atoms with Gasteiger partial charge in [-0.3, -0.25) is 0 Å². The molecule has 0 spiro atoms. The van der Waals surface area contributed by atoms with Crippen molar-refractivity contribution in [3.8, 4) is 0 Å². The molecule has 0 N–H and O–H groups in total. The quantitative estimate of drug-likeness (QED) is 0.700. The number of hydrogen-bond donors (Lipinski definition) is 0. The summed E-state index contributed by atoms with van der Waals surface area (Å²) >= 11 is 0. The summed E-state index contributed by atoms with van der Waals surface area (Å²) in [7, 11) is -5.21. The third-order valence-electron chi connectivity index (χ3n) is 1.29. The summed E-state index contributed by atoms with van der Waals surface area (Å²) in [5.41, 5.74) is 0. The summed E-state index contributed by atoms with van der Waals surface area (Å²) in [6.45, 7) is 17.1. The van der Waals surface area contributed by atoms with Gasteiger partial charge in [-0.15, -0.1) is 0 Å². The highest BCUT2D eigenvalue weighted by molar-refractivity contribution is 6.81. The van der Waals surface area contributed by atoms with E-state index in [1.165, 1.54) is 0 Å². The summed E-state index contributed by atoms with van der Waals surface area (Å²) in [5, 5.41) is 0. The molecule has 0 atom stereocenters. The van der Waals surface area contributed by atoms with Crippen LogP contribution in [0.25, 0.3) is 0 Å². The molecule has 0 aromatic rings. The van der Waals surface area contributed by atoms with Gasteiger partial charge in [-0.05, 0) is 52.4 Å². The van der Waals surface area contributed by atoms with Crippen LogP contribution in [0.1, 0.15) is 0 Å². The van der Waals surface area contributed by atoms with Crippen LogP contribution in [0, 0.1) is 0 Å². The number of rotatable bonds is 6. The summed E-state index contributed by atoms with van der Waals surface area (Å²) in [5.74, 6) is 0. The normalized spacial score (nSPS) is 14.0. The molecule has 0 aliphatic rings. The maximum absolute atomic E-state index is 5.98. The Morgan fingerprint density at radius 2 is 1.20 bits per heavy atom. The van der Waals surface area contributed by atoms with Crippen LogP contribution in [-0.4, -0.2) is 35.2 Å². The second kappa shape index (κ2) is 5.89. The van der Waals surface area contributed by atoms with Crippen molar-refractivity contribution >= 4 is 35.2 Å². The van der Waals surface area contributed by atoms with Crippen molar-refractivity contribution in [3.63, 3.8) is 0 Å². The predicted octanol–water partition coefficient (Wildman–Crippen LogP) is 2.94. The van der Waals surface area contributed by atoms with Gasteiger partial charge in [0, 0.05) is 0 Å². The fourth-order valence-electron chi connectivity index (χ4n) is 1.31. The molecular formula is C8H24O3Si4. The van der Waals surface area contributed by atoms with E-state index in [2.05, 4.69) is 52.4 Å². The zero-order valence-electron chi connectivity index (χ0n) is 11.2. The third-order valence-corrected chi connectivity index (χ3v) is 11.6. The molecule has 7 heteroatoms. The van der Waals surface area contributed by atoms with E-state index in [0.29, 0.717) is 0 Å². The highest BCUT2D eigenvalue weighted by Gasteiger charge is 2.32. The van der Waals surface area contributed by atoms with E-state index in [-0.39, 0.29) is 0 Å². The van der Waals surface area contributed by atoms with Crippen LogP contribution in [0.15, 0.2) is 0 Å². The minimum Gasteiger partial charge on any atom is -0.437 e. The molecule has 0 saturated heterocycles. The standard InChI is InChI=1S/C8H24O3Si4/c1-12(2)9-15(7,8)11-13(3)10-14(4,5)6/h1-8H3. The Balaban J connectivity index is 4.10. The van der Waals surface area contributed by atoms with Crippen molar-refractivity contribution in [2.45, 2.75) is 52.4 Å². The second-order valence-corrected chi connectivity index (χ2v) is 17.5. The first-order chi connectivity index (χ1) is 6.52. The van der Waals surface area contributed by atoms with E-state index in [4.69, 9.17) is 12.3 Å².